The molecule has 1 N–H and O–H groups in total. The zero-order chi connectivity index (χ0) is 20.5. The molecule has 0 spiro atoms. The molecular weight excluding hydrogens is 388 g/mol. The summed E-state index contributed by atoms with van der Waals surface area (Å²) in [5.41, 5.74) is 1.43. The molecule has 1 aromatic carbocycles. The minimum atomic E-state index is -3.46. The van der Waals surface area contributed by atoms with E-state index in [9.17, 15) is 13.2 Å². The van der Waals surface area contributed by atoms with Gasteiger partial charge in [-0.25, -0.2) is 8.42 Å². The largest absolute Gasteiger partial charge is 0.484 e. The molecule has 1 amide bonds. The minimum absolute atomic E-state index is 0.0722. The molecule has 0 unspecified atom stereocenters. The van der Waals surface area contributed by atoms with Crippen LogP contribution < -0.4 is 10.1 Å². The van der Waals surface area contributed by atoms with Gasteiger partial charge >= 0.3 is 0 Å². The van der Waals surface area contributed by atoms with Crippen molar-refractivity contribution in [3.05, 3.63) is 35.9 Å². The lowest BCUT2D eigenvalue weighted by Crippen LogP contribution is -2.32. The van der Waals surface area contributed by atoms with Crippen LogP contribution in [0.4, 0.5) is 0 Å². The summed E-state index contributed by atoms with van der Waals surface area (Å²) in [6, 6.07) is 6.35. The normalized spacial score (nSPS) is 18.6. The minimum Gasteiger partial charge on any atom is -0.484 e. The van der Waals surface area contributed by atoms with Gasteiger partial charge in [0.2, 0.25) is 10.0 Å². The number of sulfonamides is 1. The topological polar surface area (TPSA) is 75.7 Å². The summed E-state index contributed by atoms with van der Waals surface area (Å²) in [6.07, 6.45) is 12.0. The number of ether oxygens (including phenoxy) is 1. The highest BCUT2D eigenvalue weighted by molar-refractivity contribution is 7.89. The first-order valence-corrected chi connectivity index (χ1v) is 12.2. The maximum atomic E-state index is 12.8. The fourth-order valence-corrected chi connectivity index (χ4v) is 5.35. The van der Waals surface area contributed by atoms with E-state index in [2.05, 4.69) is 11.4 Å². The van der Waals surface area contributed by atoms with Crippen LogP contribution >= 0.6 is 0 Å². The molecule has 1 heterocycles. The molecule has 160 valence electrons. The van der Waals surface area contributed by atoms with Gasteiger partial charge in [-0.05, 0) is 69.2 Å². The van der Waals surface area contributed by atoms with E-state index in [0.717, 1.165) is 44.9 Å². The van der Waals surface area contributed by atoms with Gasteiger partial charge in [0.15, 0.2) is 6.61 Å². The Labute approximate surface area is 174 Å². The van der Waals surface area contributed by atoms with Crippen molar-refractivity contribution in [2.24, 2.45) is 0 Å². The first kappa shape index (κ1) is 21.8. The zero-order valence-electron chi connectivity index (χ0n) is 17.1. The van der Waals surface area contributed by atoms with Gasteiger partial charge in [0.1, 0.15) is 5.75 Å². The molecule has 0 bridgehead atoms. The van der Waals surface area contributed by atoms with Gasteiger partial charge in [0.05, 0.1) is 4.90 Å². The van der Waals surface area contributed by atoms with E-state index in [1.807, 2.05) is 0 Å². The third-order valence-electron chi connectivity index (χ3n) is 5.55. The lowest BCUT2D eigenvalue weighted by molar-refractivity contribution is -0.123. The van der Waals surface area contributed by atoms with Crippen LogP contribution in [-0.4, -0.2) is 44.9 Å². The number of hydrogen-bond acceptors (Lipinski definition) is 4. The summed E-state index contributed by atoms with van der Waals surface area (Å²) >= 11 is 0. The fourth-order valence-electron chi connectivity index (χ4n) is 3.83. The van der Waals surface area contributed by atoms with Crippen molar-refractivity contribution >= 4 is 15.9 Å². The number of amides is 1. The van der Waals surface area contributed by atoms with Gasteiger partial charge in [-0.15, -0.1) is 0 Å². The molecular formula is C22H32N2O4S. The molecule has 0 aromatic heterocycles. The molecule has 7 heteroatoms. The van der Waals surface area contributed by atoms with Crippen LogP contribution in [0.3, 0.4) is 0 Å². The highest BCUT2D eigenvalue weighted by atomic mass is 32.2. The lowest BCUT2D eigenvalue weighted by atomic mass is 9.97. The molecule has 6 nitrogen and oxygen atoms in total. The van der Waals surface area contributed by atoms with Crippen LogP contribution in [0.25, 0.3) is 0 Å². The van der Waals surface area contributed by atoms with E-state index in [-0.39, 0.29) is 17.4 Å². The summed E-state index contributed by atoms with van der Waals surface area (Å²) in [5, 5.41) is 2.88. The first-order chi connectivity index (χ1) is 14.1. The summed E-state index contributed by atoms with van der Waals surface area (Å²) < 4.78 is 32.6. The summed E-state index contributed by atoms with van der Waals surface area (Å²) in [5.74, 6) is 0.327. The van der Waals surface area contributed by atoms with E-state index < -0.39 is 10.0 Å². The number of rotatable bonds is 8. The first-order valence-electron chi connectivity index (χ1n) is 10.7. The van der Waals surface area contributed by atoms with Crippen LogP contribution in [0.15, 0.2) is 40.8 Å². The van der Waals surface area contributed by atoms with Gasteiger partial charge in [-0.1, -0.05) is 24.5 Å². The maximum Gasteiger partial charge on any atom is 0.257 e. The SMILES string of the molecule is O=C(COc1ccc(S(=O)(=O)N2CCCCCC2)cc1)NCCC1=CCCCC1. The number of carbonyl (C=O) groups excluding carboxylic acids is 1. The molecule has 29 heavy (non-hydrogen) atoms. The average molecular weight is 421 g/mol. The second-order valence-corrected chi connectivity index (χ2v) is 9.72. The Morgan fingerprint density at radius 1 is 1.00 bits per heavy atom. The Hall–Kier alpha value is -1.86. The van der Waals surface area contributed by atoms with Crippen molar-refractivity contribution in [3.63, 3.8) is 0 Å². The predicted octanol–water partition coefficient (Wildman–Crippen LogP) is 3.64. The van der Waals surface area contributed by atoms with Gasteiger partial charge in [-0.2, -0.15) is 4.31 Å². The molecule has 1 aromatic rings. The van der Waals surface area contributed by atoms with Crippen molar-refractivity contribution in [1.29, 1.82) is 0 Å². The Kier molecular flexibility index (Phi) is 8.12. The van der Waals surface area contributed by atoms with Gasteiger partial charge in [-0.3, -0.25) is 4.79 Å². The summed E-state index contributed by atoms with van der Waals surface area (Å²) in [6.45, 7) is 1.72. The second-order valence-electron chi connectivity index (χ2n) is 7.79. The average Bonchev–Trinajstić information content (AvgIpc) is 3.04. The summed E-state index contributed by atoms with van der Waals surface area (Å²) in [7, 11) is -3.46. The van der Waals surface area contributed by atoms with E-state index in [1.54, 1.807) is 28.6 Å². The van der Waals surface area contributed by atoms with Crippen LogP contribution in [0.2, 0.25) is 0 Å². The van der Waals surface area contributed by atoms with Crippen LogP contribution in [0.5, 0.6) is 5.75 Å². The quantitative estimate of drug-likeness (QED) is 0.652. The van der Waals surface area contributed by atoms with E-state index in [0.29, 0.717) is 25.4 Å². The third kappa shape index (κ3) is 6.57. The monoisotopic (exact) mass is 420 g/mol. The predicted molar refractivity (Wildman–Crippen MR) is 113 cm³/mol. The standard InChI is InChI=1S/C22H32N2O4S/c25-22(23-15-14-19-8-4-3-5-9-19)18-28-20-10-12-21(13-11-20)29(26,27)24-16-6-1-2-7-17-24/h8,10-13H,1-7,9,14-18H2,(H,23,25). The smallest absolute Gasteiger partial charge is 0.257 e. The number of hydrogen-bond donors (Lipinski definition) is 1. The van der Waals surface area contributed by atoms with E-state index in [1.165, 1.54) is 18.4 Å². The number of carbonyl (C=O) groups is 1. The highest BCUT2D eigenvalue weighted by Gasteiger charge is 2.25. The lowest BCUT2D eigenvalue weighted by Gasteiger charge is -2.20. The van der Waals surface area contributed by atoms with Gasteiger partial charge < -0.3 is 10.1 Å². The second kappa shape index (κ2) is 10.8. The molecule has 1 aliphatic carbocycles. The number of benzene rings is 1. The molecule has 0 saturated carbocycles. The molecule has 3 rings (SSSR count). The number of allylic oxidation sites excluding steroid dienone is 1. The van der Waals surface area contributed by atoms with Gasteiger partial charge in [0.25, 0.3) is 5.91 Å². The van der Waals surface area contributed by atoms with Crippen molar-refractivity contribution in [2.75, 3.05) is 26.2 Å². The Balaban J connectivity index is 1.44. The molecule has 0 atom stereocenters. The van der Waals surface area contributed by atoms with E-state index >= 15 is 0 Å². The third-order valence-corrected chi connectivity index (χ3v) is 7.46. The Bertz CT molecular complexity index is 795. The van der Waals surface area contributed by atoms with Crippen molar-refractivity contribution < 1.29 is 17.9 Å². The van der Waals surface area contributed by atoms with E-state index in [4.69, 9.17) is 4.74 Å². The maximum absolute atomic E-state index is 12.8. The highest BCUT2D eigenvalue weighted by Crippen LogP contribution is 2.22. The fraction of sp³-hybridized carbons (Fsp3) is 0.591. The number of nitrogens with zero attached hydrogens (tertiary/aromatic N) is 1. The summed E-state index contributed by atoms with van der Waals surface area (Å²) in [4.78, 5) is 12.2. The molecule has 1 saturated heterocycles. The van der Waals surface area contributed by atoms with Crippen molar-refractivity contribution in [3.8, 4) is 5.75 Å². The van der Waals surface area contributed by atoms with Crippen LogP contribution in [0.1, 0.15) is 57.8 Å². The molecule has 0 radical (unpaired) electrons. The van der Waals surface area contributed by atoms with Crippen molar-refractivity contribution in [2.45, 2.75) is 62.7 Å². The molecule has 1 fully saturated rings. The van der Waals surface area contributed by atoms with Crippen LogP contribution in [-0.2, 0) is 14.8 Å². The zero-order valence-corrected chi connectivity index (χ0v) is 17.9. The van der Waals surface area contributed by atoms with Crippen LogP contribution in [0, 0.1) is 0 Å². The number of nitrogens with one attached hydrogen (secondary N) is 1. The van der Waals surface area contributed by atoms with Gasteiger partial charge in [0, 0.05) is 19.6 Å². The Morgan fingerprint density at radius 2 is 1.72 bits per heavy atom. The molecule has 1 aliphatic heterocycles. The van der Waals surface area contributed by atoms with Crippen molar-refractivity contribution in [1.82, 2.24) is 9.62 Å². The Morgan fingerprint density at radius 3 is 2.38 bits per heavy atom. The molecule has 2 aliphatic rings.